The summed E-state index contributed by atoms with van der Waals surface area (Å²) in [7, 11) is 0. The molecular formula is C21H24F2N4S. The normalized spacial score (nSPS) is 16.3. The zero-order valence-electron chi connectivity index (χ0n) is 16.1. The molecule has 0 spiro atoms. The number of nitrogens with zero attached hydrogens (tertiary/aromatic N) is 3. The lowest BCUT2D eigenvalue weighted by Crippen LogP contribution is -2.33. The fourth-order valence-corrected chi connectivity index (χ4v) is 4.80. The average Bonchev–Trinajstić information content (AvgIpc) is 3.07. The van der Waals surface area contributed by atoms with Crippen LogP contribution in [-0.4, -0.2) is 28.0 Å². The molecule has 0 atom stereocenters. The number of nitrogen functional groups attached to an aromatic ring is 1. The maximum atomic E-state index is 13.4. The molecule has 0 aliphatic carbocycles. The highest BCUT2D eigenvalue weighted by atomic mass is 32.1. The number of hydrogen-bond acceptors (Lipinski definition) is 5. The summed E-state index contributed by atoms with van der Waals surface area (Å²) in [6, 6.07) is 5.80. The Balaban J connectivity index is 1.46. The molecular weight excluding hydrogens is 378 g/mol. The van der Waals surface area contributed by atoms with Crippen LogP contribution >= 0.6 is 11.3 Å². The number of aromatic nitrogens is 2. The predicted molar refractivity (Wildman–Crippen MR) is 110 cm³/mol. The number of anilines is 1. The summed E-state index contributed by atoms with van der Waals surface area (Å²) in [5.74, 6) is 1.02. The SMILES string of the molecule is CC(C)c1cc2c(N)nc(C3CCN(Cc4cc(F)cc(F)c4)CC3)nc2s1. The van der Waals surface area contributed by atoms with Crippen LogP contribution in [0.1, 0.15) is 54.8 Å². The number of likely N-dealkylation sites (tertiary alicyclic amines) is 1. The summed E-state index contributed by atoms with van der Waals surface area (Å²) in [4.78, 5) is 13.8. The van der Waals surface area contributed by atoms with Crippen molar-refractivity contribution in [3.8, 4) is 0 Å². The molecule has 28 heavy (non-hydrogen) atoms. The van der Waals surface area contributed by atoms with Crippen LogP contribution in [-0.2, 0) is 6.54 Å². The maximum Gasteiger partial charge on any atom is 0.135 e. The van der Waals surface area contributed by atoms with Gasteiger partial charge < -0.3 is 5.73 Å². The molecule has 1 fully saturated rings. The van der Waals surface area contributed by atoms with Crippen LogP contribution in [0.25, 0.3) is 10.2 Å². The zero-order chi connectivity index (χ0) is 19.8. The molecule has 1 aliphatic heterocycles. The predicted octanol–water partition coefficient (Wildman–Crippen LogP) is 5.05. The number of rotatable bonds is 4. The molecule has 2 aromatic heterocycles. The van der Waals surface area contributed by atoms with E-state index >= 15 is 0 Å². The second-order valence-electron chi connectivity index (χ2n) is 7.82. The van der Waals surface area contributed by atoms with E-state index in [1.807, 2.05) is 0 Å². The van der Waals surface area contributed by atoms with Gasteiger partial charge in [0.05, 0.1) is 5.39 Å². The number of benzene rings is 1. The van der Waals surface area contributed by atoms with Crippen molar-refractivity contribution >= 4 is 27.4 Å². The zero-order valence-corrected chi connectivity index (χ0v) is 16.9. The molecule has 4 rings (SSSR count). The third-order valence-electron chi connectivity index (χ3n) is 5.31. The van der Waals surface area contributed by atoms with E-state index in [0.29, 0.717) is 23.8 Å². The Morgan fingerprint density at radius 3 is 2.43 bits per heavy atom. The number of piperidine rings is 1. The van der Waals surface area contributed by atoms with Crippen molar-refractivity contribution in [2.75, 3.05) is 18.8 Å². The average molecular weight is 403 g/mol. The van der Waals surface area contributed by atoms with Gasteiger partial charge in [-0.25, -0.2) is 18.7 Å². The van der Waals surface area contributed by atoms with Crippen LogP contribution < -0.4 is 5.73 Å². The molecule has 1 aromatic carbocycles. The number of hydrogen-bond donors (Lipinski definition) is 1. The number of thiophene rings is 1. The van der Waals surface area contributed by atoms with Gasteiger partial charge in [0.1, 0.15) is 28.1 Å². The summed E-state index contributed by atoms with van der Waals surface area (Å²) in [6.07, 6.45) is 1.82. The van der Waals surface area contributed by atoms with Crippen LogP contribution in [0.15, 0.2) is 24.3 Å². The maximum absolute atomic E-state index is 13.4. The van der Waals surface area contributed by atoms with Crippen LogP contribution in [0.3, 0.4) is 0 Å². The largest absolute Gasteiger partial charge is 0.383 e. The van der Waals surface area contributed by atoms with E-state index in [4.69, 9.17) is 10.7 Å². The van der Waals surface area contributed by atoms with Crippen molar-refractivity contribution in [3.05, 3.63) is 52.2 Å². The van der Waals surface area contributed by atoms with Crippen molar-refractivity contribution in [3.63, 3.8) is 0 Å². The Kier molecular flexibility index (Phi) is 5.29. The van der Waals surface area contributed by atoms with Gasteiger partial charge in [0.2, 0.25) is 0 Å². The molecule has 7 heteroatoms. The second kappa shape index (κ2) is 7.72. The molecule has 148 valence electrons. The molecule has 0 amide bonds. The van der Waals surface area contributed by atoms with Crippen LogP contribution in [0, 0.1) is 11.6 Å². The third-order valence-corrected chi connectivity index (χ3v) is 6.64. The molecule has 3 heterocycles. The number of halogens is 2. The topological polar surface area (TPSA) is 55.0 Å². The minimum absolute atomic E-state index is 0.261. The van der Waals surface area contributed by atoms with E-state index in [0.717, 1.165) is 48.0 Å². The Morgan fingerprint density at radius 1 is 1.11 bits per heavy atom. The quantitative estimate of drug-likeness (QED) is 0.663. The molecule has 0 bridgehead atoms. The number of nitrogens with two attached hydrogens (primary N) is 1. The highest BCUT2D eigenvalue weighted by molar-refractivity contribution is 7.18. The van der Waals surface area contributed by atoms with E-state index in [1.165, 1.54) is 17.0 Å². The van der Waals surface area contributed by atoms with Crippen molar-refractivity contribution < 1.29 is 8.78 Å². The molecule has 1 aliphatic rings. The third kappa shape index (κ3) is 4.00. The smallest absolute Gasteiger partial charge is 0.135 e. The van der Waals surface area contributed by atoms with E-state index < -0.39 is 11.6 Å². The van der Waals surface area contributed by atoms with E-state index in [9.17, 15) is 8.78 Å². The van der Waals surface area contributed by atoms with Crippen molar-refractivity contribution in [2.24, 2.45) is 0 Å². The van der Waals surface area contributed by atoms with Crippen LogP contribution in [0.2, 0.25) is 0 Å². The minimum atomic E-state index is -0.529. The van der Waals surface area contributed by atoms with Gasteiger partial charge in [-0.3, -0.25) is 4.90 Å². The first-order chi connectivity index (χ1) is 13.4. The van der Waals surface area contributed by atoms with Gasteiger partial charge in [-0.1, -0.05) is 13.8 Å². The Labute approximate surface area is 167 Å². The lowest BCUT2D eigenvalue weighted by Gasteiger charge is -2.31. The van der Waals surface area contributed by atoms with E-state index in [2.05, 4.69) is 29.8 Å². The van der Waals surface area contributed by atoms with Gasteiger partial charge in [0.15, 0.2) is 0 Å². The van der Waals surface area contributed by atoms with Gasteiger partial charge in [-0.2, -0.15) is 0 Å². The molecule has 1 saturated heterocycles. The van der Waals surface area contributed by atoms with Crippen molar-refractivity contribution in [1.29, 1.82) is 0 Å². The van der Waals surface area contributed by atoms with E-state index in [1.54, 1.807) is 11.3 Å². The standard InChI is InChI=1S/C21H24F2N4S/c1-12(2)18-10-17-19(24)25-20(26-21(17)28-18)14-3-5-27(6-4-14)11-13-7-15(22)9-16(23)8-13/h7-10,12,14H,3-6,11H2,1-2H3,(H2,24,25,26). The highest BCUT2D eigenvalue weighted by Crippen LogP contribution is 2.34. The summed E-state index contributed by atoms with van der Waals surface area (Å²) in [5, 5.41) is 0.947. The van der Waals surface area contributed by atoms with Gasteiger partial charge in [-0.15, -0.1) is 11.3 Å². The lowest BCUT2D eigenvalue weighted by atomic mass is 9.95. The fourth-order valence-electron chi connectivity index (χ4n) is 3.76. The first-order valence-corrected chi connectivity index (χ1v) is 10.4. The van der Waals surface area contributed by atoms with Crippen molar-refractivity contribution in [1.82, 2.24) is 14.9 Å². The van der Waals surface area contributed by atoms with Gasteiger partial charge in [0.25, 0.3) is 0 Å². The Bertz CT molecular complexity index is 973. The van der Waals surface area contributed by atoms with Crippen molar-refractivity contribution in [2.45, 2.75) is 45.1 Å². The molecule has 0 unspecified atom stereocenters. The van der Waals surface area contributed by atoms with Gasteiger partial charge in [-0.05, 0) is 55.6 Å². The van der Waals surface area contributed by atoms with E-state index in [-0.39, 0.29) is 5.92 Å². The molecule has 3 aromatic rings. The van der Waals surface area contributed by atoms with Crippen LogP contribution in [0.5, 0.6) is 0 Å². The lowest BCUT2D eigenvalue weighted by molar-refractivity contribution is 0.201. The molecule has 4 nitrogen and oxygen atoms in total. The highest BCUT2D eigenvalue weighted by Gasteiger charge is 2.24. The summed E-state index contributed by atoms with van der Waals surface area (Å²) < 4.78 is 26.8. The second-order valence-corrected chi connectivity index (χ2v) is 8.88. The first-order valence-electron chi connectivity index (χ1n) is 9.63. The summed E-state index contributed by atoms with van der Waals surface area (Å²) in [6.45, 7) is 6.55. The van der Waals surface area contributed by atoms with Gasteiger partial charge >= 0.3 is 0 Å². The van der Waals surface area contributed by atoms with Gasteiger partial charge in [0, 0.05) is 23.4 Å². The molecule has 0 radical (unpaired) electrons. The van der Waals surface area contributed by atoms with Crippen LogP contribution in [0.4, 0.5) is 14.6 Å². The molecule has 0 saturated carbocycles. The fraction of sp³-hybridized carbons (Fsp3) is 0.429. The summed E-state index contributed by atoms with van der Waals surface area (Å²) in [5.41, 5.74) is 6.87. The minimum Gasteiger partial charge on any atom is -0.383 e. The first kappa shape index (κ1) is 19.2. The molecule has 2 N–H and O–H groups in total. The monoisotopic (exact) mass is 402 g/mol. The summed E-state index contributed by atoms with van der Waals surface area (Å²) >= 11 is 1.69. The Hall–Kier alpha value is -2.12. The number of fused-ring (bicyclic) bond motifs is 1. The Morgan fingerprint density at radius 2 is 1.79 bits per heavy atom.